The number of halogens is 2. The molecular weight excluding hydrogens is 344 g/mol. The van der Waals surface area contributed by atoms with E-state index >= 15 is 0 Å². The summed E-state index contributed by atoms with van der Waals surface area (Å²) in [4.78, 5) is 2.43. The summed E-state index contributed by atoms with van der Waals surface area (Å²) in [5.74, 6) is 0.840. The van der Waals surface area contributed by atoms with E-state index in [-0.39, 0.29) is 25.1 Å². The normalized spacial score (nSPS) is 17.4. The van der Waals surface area contributed by atoms with Crippen LogP contribution in [0.3, 0.4) is 0 Å². The molecule has 114 valence electrons. The summed E-state index contributed by atoms with van der Waals surface area (Å²) < 4.78 is 6.23. The Balaban J connectivity index is 0.00000200. The maximum Gasteiger partial charge on any atom is 0.133 e. The van der Waals surface area contributed by atoms with Crippen LogP contribution >= 0.6 is 28.3 Å². The zero-order chi connectivity index (χ0) is 13.7. The molecule has 0 aromatic heterocycles. The summed E-state index contributed by atoms with van der Waals surface area (Å²) in [5.41, 5.74) is 1.23. The van der Waals surface area contributed by atoms with Crippen LogP contribution in [0.1, 0.15) is 18.0 Å². The van der Waals surface area contributed by atoms with E-state index in [9.17, 15) is 5.11 Å². The van der Waals surface area contributed by atoms with Crippen LogP contribution in [0.25, 0.3) is 0 Å². The fourth-order valence-corrected chi connectivity index (χ4v) is 3.12. The molecule has 1 aliphatic rings. The van der Waals surface area contributed by atoms with Gasteiger partial charge in [-0.15, -0.1) is 12.4 Å². The second-order valence-electron chi connectivity index (χ2n) is 4.71. The van der Waals surface area contributed by atoms with Crippen molar-refractivity contribution in [1.29, 1.82) is 0 Å². The minimum Gasteiger partial charge on any atom is -0.496 e. The molecule has 0 saturated carbocycles. The predicted molar refractivity (Wildman–Crippen MR) is 86.8 cm³/mol. The topological polar surface area (TPSA) is 44.7 Å². The first kappa shape index (κ1) is 17.7. The third-order valence-corrected chi connectivity index (χ3v) is 4.18. The van der Waals surface area contributed by atoms with Gasteiger partial charge in [0.15, 0.2) is 0 Å². The highest BCUT2D eigenvalue weighted by Gasteiger charge is 2.22. The number of aliphatic hydroxyl groups is 1. The minimum absolute atomic E-state index is 0. The molecule has 0 spiro atoms. The number of benzene rings is 1. The third kappa shape index (κ3) is 4.33. The maximum atomic E-state index is 9.32. The molecule has 0 amide bonds. The lowest BCUT2D eigenvalue weighted by Gasteiger charge is -2.35. The summed E-state index contributed by atoms with van der Waals surface area (Å²) in [6, 6.07) is 6.44. The van der Waals surface area contributed by atoms with Crippen molar-refractivity contribution in [3.05, 3.63) is 28.2 Å². The van der Waals surface area contributed by atoms with Gasteiger partial charge in [-0.1, -0.05) is 6.07 Å². The number of nitrogens with zero attached hydrogens (tertiary/aromatic N) is 1. The Labute approximate surface area is 135 Å². The Hall–Kier alpha value is -0.330. The molecule has 1 aromatic rings. The number of rotatable bonds is 5. The van der Waals surface area contributed by atoms with Crippen molar-refractivity contribution in [3.63, 3.8) is 0 Å². The third-order valence-electron chi connectivity index (χ3n) is 3.56. The number of piperazine rings is 1. The molecule has 0 aliphatic carbocycles. The van der Waals surface area contributed by atoms with Crippen LogP contribution in [-0.2, 0) is 0 Å². The molecule has 1 atom stereocenters. The lowest BCUT2D eigenvalue weighted by Crippen LogP contribution is -2.45. The molecule has 20 heavy (non-hydrogen) atoms. The van der Waals surface area contributed by atoms with Gasteiger partial charge in [-0.05, 0) is 40.0 Å². The Bertz CT molecular complexity index is 414. The fourth-order valence-electron chi connectivity index (χ4n) is 2.57. The number of methoxy groups -OCH3 is 1. The van der Waals surface area contributed by atoms with Gasteiger partial charge in [-0.25, -0.2) is 0 Å². The number of hydrogen-bond donors (Lipinski definition) is 2. The Morgan fingerprint density at radius 3 is 2.65 bits per heavy atom. The van der Waals surface area contributed by atoms with Crippen LogP contribution in [0.2, 0.25) is 0 Å². The summed E-state index contributed by atoms with van der Waals surface area (Å²) in [6.07, 6.45) is 0.763. The summed E-state index contributed by atoms with van der Waals surface area (Å²) in [6.45, 7) is 4.28. The van der Waals surface area contributed by atoms with Gasteiger partial charge in [0, 0.05) is 38.8 Å². The van der Waals surface area contributed by atoms with Gasteiger partial charge in [0.1, 0.15) is 5.75 Å². The lowest BCUT2D eigenvalue weighted by molar-refractivity contribution is 0.141. The smallest absolute Gasteiger partial charge is 0.133 e. The average molecular weight is 366 g/mol. The highest BCUT2D eigenvalue weighted by atomic mass is 79.9. The molecule has 4 nitrogen and oxygen atoms in total. The second-order valence-corrected chi connectivity index (χ2v) is 5.56. The van der Waals surface area contributed by atoms with E-state index in [2.05, 4.69) is 38.3 Å². The highest BCUT2D eigenvalue weighted by molar-refractivity contribution is 9.10. The van der Waals surface area contributed by atoms with E-state index in [1.807, 2.05) is 6.07 Å². The molecule has 0 radical (unpaired) electrons. The summed E-state index contributed by atoms with van der Waals surface area (Å²) in [5, 5.41) is 12.7. The van der Waals surface area contributed by atoms with Crippen molar-refractivity contribution in [2.45, 2.75) is 12.5 Å². The van der Waals surface area contributed by atoms with E-state index in [1.165, 1.54) is 5.56 Å². The number of nitrogens with one attached hydrogen (secondary N) is 1. The highest BCUT2D eigenvalue weighted by Crippen LogP contribution is 2.31. The second kappa shape index (κ2) is 8.85. The summed E-state index contributed by atoms with van der Waals surface area (Å²) >= 11 is 3.53. The van der Waals surface area contributed by atoms with Crippen LogP contribution in [0.15, 0.2) is 22.7 Å². The van der Waals surface area contributed by atoms with Crippen LogP contribution in [0.5, 0.6) is 5.75 Å². The SMILES string of the molecule is COc1ccc([C@H](CCO)N2CCNCC2)cc1Br.Cl. The molecule has 1 heterocycles. The van der Waals surface area contributed by atoms with Crippen LogP contribution < -0.4 is 10.1 Å². The van der Waals surface area contributed by atoms with Crippen LogP contribution in [0.4, 0.5) is 0 Å². The minimum atomic E-state index is 0. The van der Waals surface area contributed by atoms with Crippen molar-refractivity contribution in [2.24, 2.45) is 0 Å². The van der Waals surface area contributed by atoms with Gasteiger partial charge in [0.05, 0.1) is 11.6 Å². The molecular formula is C14H22BrClN2O2. The first-order valence-corrected chi connectivity index (χ1v) is 7.44. The zero-order valence-corrected chi connectivity index (χ0v) is 14.0. The molecule has 1 fully saturated rings. The lowest BCUT2D eigenvalue weighted by atomic mass is 10.0. The largest absolute Gasteiger partial charge is 0.496 e. The molecule has 2 rings (SSSR count). The summed E-state index contributed by atoms with van der Waals surface area (Å²) in [7, 11) is 1.67. The maximum absolute atomic E-state index is 9.32. The van der Waals surface area contributed by atoms with Crippen molar-refractivity contribution in [3.8, 4) is 5.75 Å². The van der Waals surface area contributed by atoms with Crippen LogP contribution in [-0.4, -0.2) is 49.9 Å². The Morgan fingerprint density at radius 1 is 1.40 bits per heavy atom. The predicted octanol–water partition coefficient (Wildman–Crippen LogP) is 2.21. The van der Waals surface area contributed by atoms with Crippen molar-refractivity contribution >= 4 is 28.3 Å². The van der Waals surface area contributed by atoms with Crippen molar-refractivity contribution < 1.29 is 9.84 Å². The number of hydrogen-bond acceptors (Lipinski definition) is 4. The van der Waals surface area contributed by atoms with Gasteiger partial charge in [-0.3, -0.25) is 4.90 Å². The molecule has 1 aromatic carbocycles. The van der Waals surface area contributed by atoms with E-state index in [1.54, 1.807) is 7.11 Å². The van der Waals surface area contributed by atoms with E-state index in [0.717, 1.165) is 42.8 Å². The van der Waals surface area contributed by atoms with E-state index < -0.39 is 0 Å². The molecule has 2 N–H and O–H groups in total. The Morgan fingerprint density at radius 2 is 2.10 bits per heavy atom. The van der Waals surface area contributed by atoms with Gasteiger partial charge in [0.25, 0.3) is 0 Å². The fraction of sp³-hybridized carbons (Fsp3) is 0.571. The van der Waals surface area contributed by atoms with Gasteiger partial charge < -0.3 is 15.2 Å². The van der Waals surface area contributed by atoms with Crippen molar-refractivity contribution in [2.75, 3.05) is 39.9 Å². The van der Waals surface area contributed by atoms with Crippen LogP contribution in [0, 0.1) is 0 Å². The van der Waals surface area contributed by atoms with E-state index in [0.29, 0.717) is 0 Å². The first-order chi connectivity index (χ1) is 9.26. The Kier molecular flexibility index (Phi) is 7.84. The van der Waals surface area contributed by atoms with Gasteiger partial charge >= 0.3 is 0 Å². The first-order valence-electron chi connectivity index (χ1n) is 6.65. The molecule has 1 saturated heterocycles. The number of ether oxygens (including phenoxy) is 1. The molecule has 1 aliphatic heterocycles. The zero-order valence-electron chi connectivity index (χ0n) is 11.6. The average Bonchev–Trinajstić information content (AvgIpc) is 2.45. The van der Waals surface area contributed by atoms with Gasteiger partial charge in [-0.2, -0.15) is 0 Å². The van der Waals surface area contributed by atoms with Crippen molar-refractivity contribution in [1.82, 2.24) is 10.2 Å². The monoisotopic (exact) mass is 364 g/mol. The quantitative estimate of drug-likeness (QED) is 0.840. The molecule has 6 heteroatoms. The van der Waals surface area contributed by atoms with Gasteiger partial charge in [0.2, 0.25) is 0 Å². The standard InChI is InChI=1S/C14H21BrN2O2.ClH/c1-19-14-3-2-11(10-12(14)15)13(4-9-18)17-7-5-16-6-8-17;/h2-3,10,13,16,18H,4-9H2,1H3;1H/t13-;/m0./s1. The molecule has 0 bridgehead atoms. The number of aliphatic hydroxyl groups excluding tert-OH is 1. The molecule has 0 unspecified atom stereocenters. The van der Waals surface area contributed by atoms with E-state index in [4.69, 9.17) is 4.74 Å².